The zero-order chi connectivity index (χ0) is 13.9. The van der Waals surface area contributed by atoms with E-state index in [0.29, 0.717) is 0 Å². The van der Waals surface area contributed by atoms with Gasteiger partial charge >= 0.3 is 0 Å². The highest BCUT2D eigenvalue weighted by Gasteiger charge is 2.28. The van der Waals surface area contributed by atoms with Crippen LogP contribution in [-0.4, -0.2) is 40.1 Å². The van der Waals surface area contributed by atoms with Crippen molar-refractivity contribution in [3.63, 3.8) is 0 Å². The van der Waals surface area contributed by atoms with E-state index in [2.05, 4.69) is 4.98 Å². The smallest absolute Gasteiger partial charge is 0.228 e. The highest BCUT2D eigenvalue weighted by Crippen LogP contribution is 2.25. The minimum Gasteiger partial charge on any atom is -0.462 e. The van der Waals surface area contributed by atoms with Crippen LogP contribution in [-0.2, 0) is 11.2 Å². The largest absolute Gasteiger partial charge is 0.462 e. The summed E-state index contributed by atoms with van der Waals surface area (Å²) in [4.78, 5) is 18.4. The molecule has 2 aromatic heterocycles. The highest BCUT2D eigenvalue weighted by atomic mass is 32.1. The Balaban J connectivity index is 1.67. The molecule has 1 amide bonds. The number of carbonyl (C=O) groups is 1. The van der Waals surface area contributed by atoms with Crippen molar-refractivity contribution in [1.29, 1.82) is 0 Å². The lowest BCUT2D eigenvalue weighted by Crippen LogP contribution is -2.38. The Morgan fingerprint density at radius 2 is 2.50 bits per heavy atom. The lowest BCUT2D eigenvalue weighted by Gasteiger charge is -2.22. The van der Waals surface area contributed by atoms with E-state index in [9.17, 15) is 9.90 Å². The Bertz CT molecular complexity index is 579. The van der Waals surface area contributed by atoms with E-state index in [-0.39, 0.29) is 25.0 Å². The first-order chi connectivity index (χ1) is 9.78. The molecular formula is C14H16N2O3S. The summed E-state index contributed by atoms with van der Waals surface area (Å²) < 4.78 is 5.29. The van der Waals surface area contributed by atoms with Gasteiger partial charge in [0.1, 0.15) is 0 Å². The molecule has 3 rings (SSSR count). The van der Waals surface area contributed by atoms with Crippen molar-refractivity contribution in [3.8, 4) is 10.8 Å². The maximum Gasteiger partial charge on any atom is 0.228 e. The summed E-state index contributed by atoms with van der Waals surface area (Å²) in [5.41, 5.74) is 0.759. The maximum atomic E-state index is 12.2. The van der Waals surface area contributed by atoms with Gasteiger partial charge in [-0.05, 0) is 25.0 Å². The monoisotopic (exact) mass is 292 g/mol. The molecule has 0 saturated carbocycles. The quantitative estimate of drug-likeness (QED) is 0.935. The molecule has 1 atom stereocenters. The van der Waals surface area contributed by atoms with E-state index in [4.69, 9.17) is 4.42 Å². The minimum absolute atomic E-state index is 0.0225. The zero-order valence-corrected chi connectivity index (χ0v) is 11.8. The molecule has 0 aromatic carbocycles. The molecule has 1 fully saturated rings. The van der Waals surface area contributed by atoms with Gasteiger partial charge in [-0.15, -0.1) is 11.3 Å². The van der Waals surface area contributed by atoms with E-state index >= 15 is 0 Å². The van der Waals surface area contributed by atoms with Gasteiger partial charge in [-0.3, -0.25) is 4.79 Å². The van der Waals surface area contributed by atoms with Gasteiger partial charge in [0.15, 0.2) is 10.8 Å². The molecule has 0 aliphatic carbocycles. The van der Waals surface area contributed by atoms with E-state index in [1.54, 1.807) is 11.2 Å². The van der Waals surface area contributed by atoms with Crippen LogP contribution in [0.3, 0.4) is 0 Å². The Hall–Kier alpha value is -1.66. The summed E-state index contributed by atoms with van der Waals surface area (Å²) in [5, 5.41) is 11.9. The lowest BCUT2D eigenvalue weighted by molar-refractivity contribution is -0.132. The van der Waals surface area contributed by atoms with Crippen LogP contribution in [0.4, 0.5) is 0 Å². The number of aromatic nitrogens is 1. The molecule has 20 heavy (non-hydrogen) atoms. The molecule has 0 unspecified atom stereocenters. The van der Waals surface area contributed by atoms with Crippen LogP contribution in [0, 0.1) is 0 Å². The van der Waals surface area contributed by atoms with Gasteiger partial charge in [0, 0.05) is 11.9 Å². The molecule has 1 N–H and O–H groups in total. The second kappa shape index (κ2) is 5.76. The predicted molar refractivity (Wildman–Crippen MR) is 75.3 cm³/mol. The van der Waals surface area contributed by atoms with Crippen LogP contribution < -0.4 is 0 Å². The number of likely N-dealkylation sites (tertiary alicyclic amines) is 1. The number of hydrogen-bond donors (Lipinski definition) is 1. The molecule has 1 aliphatic rings. The number of rotatable bonds is 4. The molecular weight excluding hydrogens is 276 g/mol. The number of nitrogens with zero attached hydrogens (tertiary/aromatic N) is 2. The van der Waals surface area contributed by atoms with E-state index < -0.39 is 0 Å². The third-order valence-electron chi connectivity index (χ3n) is 3.52. The molecule has 6 heteroatoms. The van der Waals surface area contributed by atoms with Crippen LogP contribution >= 0.6 is 11.3 Å². The van der Waals surface area contributed by atoms with Gasteiger partial charge in [0.05, 0.1) is 31.0 Å². The third-order valence-corrected chi connectivity index (χ3v) is 4.43. The zero-order valence-electron chi connectivity index (χ0n) is 11.0. The number of thiazole rings is 1. The number of aliphatic hydroxyl groups excluding tert-OH is 1. The molecule has 2 aromatic rings. The van der Waals surface area contributed by atoms with Crippen molar-refractivity contribution in [1.82, 2.24) is 9.88 Å². The lowest BCUT2D eigenvalue weighted by atomic mass is 10.2. The van der Waals surface area contributed by atoms with Gasteiger partial charge in [0.2, 0.25) is 5.91 Å². The Morgan fingerprint density at radius 1 is 1.60 bits per heavy atom. The van der Waals surface area contributed by atoms with Crippen LogP contribution in [0.2, 0.25) is 0 Å². The molecule has 1 aliphatic heterocycles. The number of carbonyl (C=O) groups excluding carboxylic acids is 1. The first-order valence-electron chi connectivity index (χ1n) is 6.66. The van der Waals surface area contributed by atoms with Gasteiger partial charge < -0.3 is 14.4 Å². The van der Waals surface area contributed by atoms with Crippen molar-refractivity contribution in [3.05, 3.63) is 29.5 Å². The normalized spacial score (nSPS) is 18.6. The Kier molecular flexibility index (Phi) is 3.84. The third kappa shape index (κ3) is 2.62. The van der Waals surface area contributed by atoms with Gasteiger partial charge in [-0.25, -0.2) is 4.98 Å². The van der Waals surface area contributed by atoms with E-state index in [1.807, 2.05) is 17.5 Å². The van der Waals surface area contributed by atoms with Gasteiger partial charge in [0.25, 0.3) is 0 Å². The maximum absolute atomic E-state index is 12.2. The first kappa shape index (κ1) is 13.3. The number of amides is 1. The Morgan fingerprint density at radius 3 is 3.25 bits per heavy atom. The SMILES string of the molecule is O=C(Cc1csc(-c2ccco2)n1)N1CCC[C@@H]1CO. The van der Waals surface area contributed by atoms with Crippen LogP contribution in [0.1, 0.15) is 18.5 Å². The second-order valence-electron chi connectivity index (χ2n) is 4.86. The molecule has 0 spiro atoms. The highest BCUT2D eigenvalue weighted by molar-refractivity contribution is 7.13. The minimum atomic E-state index is -0.0225. The summed E-state index contributed by atoms with van der Waals surface area (Å²) in [6, 6.07) is 3.65. The molecule has 106 valence electrons. The Labute approximate surface area is 120 Å². The number of furan rings is 1. The van der Waals surface area contributed by atoms with Crippen molar-refractivity contribution >= 4 is 17.2 Å². The summed E-state index contributed by atoms with van der Waals surface area (Å²) in [5.74, 6) is 0.765. The predicted octanol–water partition coefficient (Wildman–Crippen LogP) is 1.93. The summed E-state index contributed by atoms with van der Waals surface area (Å²) in [7, 11) is 0. The van der Waals surface area contributed by atoms with Crippen LogP contribution in [0.25, 0.3) is 10.8 Å². The van der Waals surface area contributed by atoms with Crippen LogP contribution in [0.5, 0.6) is 0 Å². The van der Waals surface area contributed by atoms with Gasteiger partial charge in [-0.2, -0.15) is 0 Å². The second-order valence-corrected chi connectivity index (χ2v) is 5.72. The van der Waals surface area contributed by atoms with Crippen molar-refractivity contribution in [2.75, 3.05) is 13.2 Å². The molecule has 0 radical (unpaired) electrons. The van der Waals surface area contributed by atoms with Crippen molar-refractivity contribution in [2.24, 2.45) is 0 Å². The van der Waals surface area contributed by atoms with Crippen molar-refractivity contribution < 1.29 is 14.3 Å². The standard InChI is InChI=1S/C14H16N2O3S/c17-8-11-3-1-5-16(11)13(18)7-10-9-20-14(15-10)12-4-2-6-19-12/h2,4,6,9,11,17H,1,3,5,7-8H2/t11-/m1/s1. The summed E-state index contributed by atoms with van der Waals surface area (Å²) >= 11 is 1.47. The van der Waals surface area contributed by atoms with E-state index in [1.165, 1.54) is 11.3 Å². The molecule has 1 saturated heterocycles. The number of aliphatic hydroxyl groups is 1. The fourth-order valence-electron chi connectivity index (χ4n) is 2.51. The molecule has 5 nitrogen and oxygen atoms in total. The fourth-order valence-corrected chi connectivity index (χ4v) is 3.30. The average molecular weight is 292 g/mol. The fraction of sp³-hybridized carbons (Fsp3) is 0.429. The first-order valence-corrected chi connectivity index (χ1v) is 7.54. The summed E-state index contributed by atoms with van der Waals surface area (Å²) in [6.45, 7) is 0.777. The molecule has 0 bridgehead atoms. The topological polar surface area (TPSA) is 66.6 Å². The average Bonchev–Trinajstić information content (AvgIpc) is 3.19. The van der Waals surface area contributed by atoms with E-state index in [0.717, 1.165) is 35.8 Å². The molecule has 3 heterocycles. The number of hydrogen-bond acceptors (Lipinski definition) is 5. The van der Waals surface area contributed by atoms with Gasteiger partial charge in [-0.1, -0.05) is 0 Å². The van der Waals surface area contributed by atoms with Crippen molar-refractivity contribution in [2.45, 2.75) is 25.3 Å². The summed E-state index contributed by atoms with van der Waals surface area (Å²) in [6.07, 6.45) is 3.74. The van der Waals surface area contributed by atoms with Crippen LogP contribution in [0.15, 0.2) is 28.2 Å².